The van der Waals surface area contributed by atoms with E-state index in [1.165, 1.54) is 0 Å². The summed E-state index contributed by atoms with van der Waals surface area (Å²) in [6, 6.07) is 16.1. The number of piperidine rings is 1. The molecule has 1 aromatic heterocycles. The molecule has 0 unspecified atom stereocenters. The van der Waals surface area contributed by atoms with Gasteiger partial charge >= 0.3 is 0 Å². The van der Waals surface area contributed by atoms with Gasteiger partial charge in [-0.2, -0.15) is 0 Å². The highest BCUT2D eigenvalue weighted by molar-refractivity contribution is 5.92. The summed E-state index contributed by atoms with van der Waals surface area (Å²) in [7, 11) is 3.22. The summed E-state index contributed by atoms with van der Waals surface area (Å²) in [4.78, 5) is 18.2. The molecule has 156 valence electrons. The molecule has 6 nitrogen and oxygen atoms in total. The van der Waals surface area contributed by atoms with Crippen LogP contribution in [-0.2, 0) is 9.53 Å². The first-order chi connectivity index (χ1) is 14.7. The van der Waals surface area contributed by atoms with Gasteiger partial charge in [-0.3, -0.25) is 9.78 Å². The second kappa shape index (κ2) is 9.13. The van der Waals surface area contributed by atoms with Crippen LogP contribution in [0.2, 0.25) is 0 Å². The number of rotatable bonds is 6. The van der Waals surface area contributed by atoms with E-state index in [0.29, 0.717) is 13.1 Å². The number of hydrogen-bond acceptors (Lipinski definition) is 5. The van der Waals surface area contributed by atoms with Gasteiger partial charge in [0, 0.05) is 50.2 Å². The number of pyridine rings is 1. The molecule has 2 heterocycles. The first kappa shape index (κ1) is 20.2. The topological polar surface area (TPSA) is 60.9 Å². The lowest BCUT2D eigenvalue weighted by Crippen LogP contribution is -2.43. The molecule has 4 rings (SSSR count). The van der Waals surface area contributed by atoms with Gasteiger partial charge < -0.3 is 19.1 Å². The lowest BCUT2D eigenvalue weighted by atomic mass is 10.0. The van der Waals surface area contributed by atoms with Crippen LogP contribution in [-0.4, -0.2) is 55.8 Å². The van der Waals surface area contributed by atoms with Crippen LogP contribution in [0, 0.1) is 0 Å². The van der Waals surface area contributed by atoms with Crippen LogP contribution < -0.4 is 9.47 Å². The molecule has 3 aromatic rings. The Morgan fingerprint density at radius 3 is 2.53 bits per heavy atom. The number of amides is 1. The van der Waals surface area contributed by atoms with Crippen molar-refractivity contribution >= 4 is 16.8 Å². The van der Waals surface area contributed by atoms with Gasteiger partial charge in [0.25, 0.3) is 0 Å². The Hall–Kier alpha value is -3.12. The molecular weight excluding hydrogens is 380 g/mol. The summed E-state index contributed by atoms with van der Waals surface area (Å²) >= 11 is 0. The monoisotopic (exact) mass is 406 g/mol. The molecule has 1 amide bonds. The normalized spacial score (nSPS) is 14.7. The van der Waals surface area contributed by atoms with Gasteiger partial charge in [0.05, 0.1) is 7.11 Å². The highest BCUT2D eigenvalue weighted by Crippen LogP contribution is 2.36. The zero-order chi connectivity index (χ0) is 20.9. The fourth-order valence-electron chi connectivity index (χ4n) is 3.90. The molecule has 0 aliphatic carbocycles. The fraction of sp³-hybridized carbons (Fsp3) is 0.333. The van der Waals surface area contributed by atoms with Crippen molar-refractivity contribution in [2.24, 2.45) is 0 Å². The largest absolute Gasteiger partial charge is 0.494 e. The highest BCUT2D eigenvalue weighted by Gasteiger charge is 2.23. The number of fused-ring (bicyclic) bond motifs is 1. The molecule has 1 aliphatic heterocycles. The maximum Gasteiger partial charge on any atom is 0.248 e. The quantitative estimate of drug-likeness (QED) is 0.621. The minimum atomic E-state index is 0.0409. The standard InChI is InChI=1S/C24H26N2O4/c1-28-16-22(27)26-14-11-20(12-15-26)30-19-8-5-17(6-9-19)21-10-7-18-4-3-13-25-23(18)24(21)29-2/h3-10,13,20H,11-12,14-16H2,1-2H3. The van der Waals surface area contributed by atoms with Crippen molar-refractivity contribution in [3.8, 4) is 22.6 Å². The number of hydrogen-bond donors (Lipinski definition) is 0. The van der Waals surface area contributed by atoms with Crippen LogP contribution in [0.15, 0.2) is 54.7 Å². The number of benzene rings is 2. The van der Waals surface area contributed by atoms with Crippen LogP contribution in [0.3, 0.4) is 0 Å². The van der Waals surface area contributed by atoms with E-state index in [1.54, 1.807) is 20.4 Å². The number of nitrogens with zero attached hydrogens (tertiary/aromatic N) is 2. The van der Waals surface area contributed by atoms with E-state index in [1.807, 2.05) is 41.3 Å². The summed E-state index contributed by atoms with van der Waals surface area (Å²) in [5, 5.41) is 1.05. The van der Waals surface area contributed by atoms with E-state index in [9.17, 15) is 4.79 Å². The molecular formula is C24H26N2O4. The third-order valence-corrected chi connectivity index (χ3v) is 5.46. The molecule has 2 aromatic carbocycles. The number of aromatic nitrogens is 1. The third-order valence-electron chi connectivity index (χ3n) is 5.46. The molecule has 1 fully saturated rings. The van der Waals surface area contributed by atoms with Gasteiger partial charge in [0.2, 0.25) is 5.91 Å². The number of carbonyl (C=O) groups excluding carboxylic acids is 1. The first-order valence-corrected chi connectivity index (χ1v) is 10.1. The van der Waals surface area contributed by atoms with Crippen LogP contribution in [0.4, 0.5) is 0 Å². The van der Waals surface area contributed by atoms with Crippen LogP contribution in [0.1, 0.15) is 12.8 Å². The van der Waals surface area contributed by atoms with Crippen molar-refractivity contribution in [2.45, 2.75) is 18.9 Å². The number of ether oxygens (including phenoxy) is 3. The van der Waals surface area contributed by atoms with Crippen molar-refractivity contribution < 1.29 is 19.0 Å². The van der Waals surface area contributed by atoms with Crippen LogP contribution in [0.25, 0.3) is 22.0 Å². The second-order valence-corrected chi connectivity index (χ2v) is 7.38. The first-order valence-electron chi connectivity index (χ1n) is 10.1. The second-order valence-electron chi connectivity index (χ2n) is 7.38. The maximum atomic E-state index is 11.9. The molecule has 1 saturated heterocycles. The molecule has 30 heavy (non-hydrogen) atoms. The van der Waals surface area contributed by atoms with Gasteiger partial charge in [0.1, 0.15) is 24.0 Å². The lowest BCUT2D eigenvalue weighted by molar-refractivity contribution is -0.136. The lowest BCUT2D eigenvalue weighted by Gasteiger charge is -2.32. The summed E-state index contributed by atoms with van der Waals surface area (Å²) in [6.45, 7) is 1.54. The van der Waals surface area contributed by atoms with Crippen molar-refractivity contribution in [3.05, 3.63) is 54.7 Å². The van der Waals surface area contributed by atoms with Crippen molar-refractivity contribution in [1.29, 1.82) is 0 Å². The Labute approximate surface area is 176 Å². The number of carbonyl (C=O) groups is 1. The number of methoxy groups -OCH3 is 2. The molecule has 0 radical (unpaired) electrons. The summed E-state index contributed by atoms with van der Waals surface area (Å²) in [5.74, 6) is 1.65. The maximum absolute atomic E-state index is 11.9. The number of likely N-dealkylation sites (tertiary alicyclic amines) is 1. The Kier molecular flexibility index (Phi) is 6.14. The molecule has 0 saturated carbocycles. The van der Waals surface area contributed by atoms with Crippen LogP contribution >= 0.6 is 0 Å². The predicted molar refractivity (Wildman–Crippen MR) is 116 cm³/mol. The molecule has 0 bridgehead atoms. The van der Waals surface area contributed by atoms with E-state index < -0.39 is 0 Å². The van der Waals surface area contributed by atoms with Gasteiger partial charge in [0.15, 0.2) is 5.75 Å². The van der Waals surface area contributed by atoms with E-state index in [0.717, 1.165) is 46.4 Å². The van der Waals surface area contributed by atoms with Crippen molar-refractivity contribution in [3.63, 3.8) is 0 Å². The Bertz CT molecular complexity index is 1010. The highest BCUT2D eigenvalue weighted by atomic mass is 16.5. The van der Waals surface area contributed by atoms with E-state index in [4.69, 9.17) is 14.2 Å². The van der Waals surface area contributed by atoms with Crippen molar-refractivity contribution in [2.75, 3.05) is 33.9 Å². The molecule has 0 N–H and O–H groups in total. The zero-order valence-corrected chi connectivity index (χ0v) is 17.3. The summed E-state index contributed by atoms with van der Waals surface area (Å²) in [5.41, 5.74) is 2.90. The average Bonchev–Trinajstić information content (AvgIpc) is 2.79. The Morgan fingerprint density at radius 1 is 1.07 bits per heavy atom. The van der Waals surface area contributed by atoms with Crippen molar-refractivity contribution in [1.82, 2.24) is 9.88 Å². The Balaban J connectivity index is 1.44. The van der Waals surface area contributed by atoms with E-state index in [-0.39, 0.29) is 18.6 Å². The zero-order valence-electron chi connectivity index (χ0n) is 17.3. The van der Waals surface area contributed by atoms with Gasteiger partial charge in [-0.15, -0.1) is 0 Å². The smallest absolute Gasteiger partial charge is 0.248 e. The third kappa shape index (κ3) is 4.24. The van der Waals surface area contributed by atoms with Gasteiger partial charge in [-0.05, 0) is 29.8 Å². The Morgan fingerprint density at radius 2 is 1.83 bits per heavy atom. The SMILES string of the molecule is COCC(=O)N1CCC(Oc2ccc(-c3ccc4cccnc4c3OC)cc2)CC1. The van der Waals surface area contributed by atoms with Crippen LogP contribution in [0.5, 0.6) is 11.5 Å². The molecule has 0 spiro atoms. The summed E-state index contributed by atoms with van der Waals surface area (Å²) in [6.07, 6.45) is 3.53. The summed E-state index contributed by atoms with van der Waals surface area (Å²) < 4.78 is 16.8. The molecule has 0 atom stereocenters. The molecule has 1 aliphatic rings. The average molecular weight is 406 g/mol. The van der Waals surface area contributed by atoms with E-state index in [2.05, 4.69) is 17.1 Å². The van der Waals surface area contributed by atoms with Gasteiger partial charge in [-0.1, -0.05) is 24.3 Å². The van der Waals surface area contributed by atoms with Gasteiger partial charge in [-0.25, -0.2) is 0 Å². The predicted octanol–water partition coefficient (Wildman–Crippen LogP) is 3.93. The van der Waals surface area contributed by atoms with E-state index >= 15 is 0 Å². The minimum Gasteiger partial charge on any atom is -0.494 e. The molecule has 6 heteroatoms. The minimum absolute atomic E-state index is 0.0409. The fourth-order valence-corrected chi connectivity index (χ4v) is 3.90.